The van der Waals surface area contributed by atoms with Gasteiger partial charge in [-0.15, -0.1) is 0 Å². The smallest absolute Gasteiger partial charge is 0.152 e. The number of fused-ring (bicyclic) bond motifs is 12. The highest BCUT2D eigenvalue weighted by Crippen LogP contribution is 2.66. The molecule has 0 bridgehead atoms. The van der Waals surface area contributed by atoms with Gasteiger partial charge in [-0.2, -0.15) is 10.5 Å². The molecule has 0 amide bonds. The summed E-state index contributed by atoms with van der Waals surface area (Å²) in [6.07, 6.45) is 0. The largest absolute Gasteiger partial charge is 0.459 e. The highest BCUT2D eigenvalue weighted by atomic mass is 16.5. The van der Waals surface area contributed by atoms with Gasteiger partial charge < -0.3 is 14.1 Å². The lowest BCUT2D eigenvalue weighted by molar-refractivity contribution is 0.346. The number of furan rings is 1. The van der Waals surface area contributed by atoms with Gasteiger partial charge in [0, 0.05) is 5.39 Å². The Bertz CT molecular complexity index is 2230. The van der Waals surface area contributed by atoms with E-state index in [1.165, 1.54) is 0 Å². The Labute approximate surface area is 241 Å². The van der Waals surface area contributed by atoms with Crippen LogP contribution in [0, 0.1) is 22.7 Å². The molecule has 1 aromatic heterocycles. The van der Waals surface area contributed by atoms with Crippen LogP contribution >= 0.6 is 0 Å². The molecule has 0 radical (unpaired) electrons. The predicted molar refractivity (Wildman–Crippen MR) is 160 cm³/mol. The van der Waals surface area contributed by atoms with Crippen molar-refractivity contribution in [2.24, 2.45) is 0 Å². The quantitative estimate of drug-likeness (QED) is 0.211. The normalized spacial score (nSPS) is 14.9. The molecule has 0 saturated carbocycles. The van der Waals surface area contributed by atoms with E-state index in [-0.39, 0.29) is 0 Å². The van der Waals surface area contributed by atoms with Crippen LogP contribution in [0.2, 0.25) is 0 Å². The molecule has 2 heterocycles. The van der Waals surface area contributed by atoms with E-state index in [4.69, 9.17) is 9.15 Å². The van der Waals surface area contributed by atoms with Crippen molar-refractivity contribution in [3.63, 3.8) is 0 Å². The van der Waals surface area contributed by atoms with Crippen LogP contribution in [0.5, 0.6) is 5.75 Å². The van der Waals surface area contributed by atoms with Gasteiger partial charge in [-0.25, -0.2) is 0 Å². The Kier molecular flexibility index (Phi) is 4.34. The van der Waals surface area contributed by atoms with Gasteiger partial charge in [0.1, 0.15) is 22.8 Å². The first-order valence-electron chi connectivity index (χ1n) is 13.7. The van der Waals surface area contributed by atoms with Gasteiger partial charge in [0.25, 0.3) is 0 Å². The number of benzene rings is 5. The molecule has 0 atom stereocenters. The van der Waals surface area contributed by atoms with Crippen molar-refractivity contribution >= 4 is 28.0 Å². The zero-order valence-electron chi connectivity index (χ0n) is 22.1. The zero-order valence-corrected chi connectivity index (χ0v) is 22.1. The van der Waals surface area contributed by atoms with E-state index in [0.29, 0.717) is 22.6 Å². The van der Waals surface area contributed by atoms with Crippen molar-refractivity contribution in [3.05, 3.63) is 155 Å². The average Bonchev–Trinajstić information content (AvgIpc) is 3.67. The second-order valence-electron chi connectivity index (χ2n) is 10.7. The third-order valence-corrected chi connectivity index (χ3v) is 8.71. The van der Waals surface area contributed by atoms with E-state index in [9.17, 15) is 10.5 Å². The van der Waals surface area contributed by atoms with Gasteiger partial charge in [-0.1, -0.05) is 78.9 Å². The number of nitrogens with zero attached hydrogens (tertiary/aromatic N) is 3. The lowest BCUT2D eigenvalue weighted by Gasteiger charge is -2.37. The molecule has 6 aromatic rings. The highest BCUT2D eigenvalue weighted by Gasteiger charge is 2.60. The lowest BCUT2D eigenvalue weighted by Crippen LogP contribution is -2.33. The molecule has 5 aromatic carbocycles. The van der Waals surface area contributed by atoms with Crippen molar-refractivity contribution in [3.8, 4) is 29.0 Å². The summed E-state index contributed by atoms with van der Waals surface area (Å²) in [6, 6.07) is 42.6. The van der Waals surface area contributed by atoms with E-state index in [1.807, 2.05) is 42.5 Å². The molecule has 1 aliphatic heterocycles. The van der Waals surface area contributed by atoms with E-state index in [2.05, 4.69) is 71.6 Å². The first-order chi connectivity index (χ1) is 20.8. The van der Waals surface area contributed by atoms with Gasteiger partial charge in [0.2, 0.25) is 0 Å². The molecular formula is C37H19N3O2. The molecule has 5 heteroatoms. The van der Waals surface area contributed by atoms with Gasteiger partial charge in [0.15, 0.2) is 11.5 Å². The van der Waals surface area contributed by atoms with Crippen LogP contribution in [0.4, 0.5) is 11.4 Å². The first kappa shape index (κ1) is 22.7. The van der Waals surface area contributed by atoms with E-state index < -0.39 is 5.41 Å². The zero-order chi connectivity index (χ0) is 28.0. The summed E-state index contributed by atoms with van der Waals surface area (Å²) in [6.45, 7) is 0. The average molecular weight is 538 g/mol. The van der Waals surface area contributed by atoms with Crippen LogP contribution in [-0.4, -0.2) is 0 Å². The van der Waals surface area contributed by atoms with E-state index in [1.54, 1.807) is 18.2 Å². The van der Waals surface area contributed by atoms with Gasteiger partial charge >= 0.3 is 0 Å². The molecule has 2 aliphatic carbocycles. The van der Waals surface area contributed by atoms with Crippen molar-refractivity contribution in [2.75, 3.05) is 4.90 Å². The second-order valence-corrected chi connectivity index (χ2v) is 10.7. The Balaban J connectivity index is 1.50. The minimum absolute atomic E-state index is 0.458. The molecule has 42 heavy (non-hydrogen) atoms. The predicted octanol–water partition coefficient (Wildman–Crippen LogP) is 8.40. The van der Waals surface area contributed by atoms with Crippen molar-refractivity contribution in [2.45, 2.75) is 5.41 Å². The maximum Gasteiger partial charge on any atom is 0.152 e. The summed E-state index contributed by atoms with van der Waals surface area (Å²) in [5.74, 6) is 2.18. The molecular weight excluding hydrogens is 518 g/mol. The number of para-hydroxylation sites is 3. The Morgan fingerprint density at radius 2 is 1.36 bits per heavy atom. The minimum atomic E-state index is -0.859. The summed E-state index contributed by atoms with van der Waals surface area (Å²) >= 11 is 0. The number of allylic oxidation sites excluding steroid dienone is 1. The van der Waals surface area contributed by atoms with Crippen LogP contribution < -0.4 is 9.64 Å². The van der Waals surface area contributed by atoms with Gasteiger partial charge in [0.05, 0.1) is 39.8 Å². The monoisotopic (exact) mass is 537 g/mol. The third-order valence-electron chi connectivity index (χ3n) is 8.71. The van der Waals surface area contributed by atoms with Gasteiger partial charge in [-0.3, -0.25) is 0 Å². The topological polar surface area (TPSA) is 73.2 Å². The molecule has 9 rings (SSSR count). The van der Waals surface area contributed by atoms with Crippen LogP contribution in [-0.2, 0) is 5.41 Å². The summed E-state index contributed by atoms with van der Waals surface area (Å²) in [5, 5.41) is 21.1. The SMILES string of the molecule is N#Cc1ccc(C#N)c(N2C3=C(Oc4ccccc42)C2(c4ccccc4-c4ccccc42)c2oc4ccccc4c23)c1. The standard InChI is InChI=1S/C37H19N3O2/c38-20-22-17-18-23(21-39)30(19-22)40-29-14-6-8-16-32(29)42-36-34(40)33-26-11-3-7-15-31(26)41-35(33)37(36)27-12-4-1-9-24(27)25-10-2-5-13-28(25)37/h1-19H. The molecule has 0 fully saturated rings. The number of hydrogen-bond donors (Lipinski definition) is 0. The molecule has 5 nitrogen and oxygen atoms in total. The minimum Gasteiger partial charge on any atom is -0.459 e. The fourth-order valence-corrected chi connectivity index (χ4v) is 7.09. The summed E-state index contributed by atoms with van der Waals surface area (Å²) < 4.78 is 13.9. The van der Waals surface area contributed by atoms with Crippen molar-refractivity contribution in [1.29, 1.82) is 10.5 Å². The number of hydrogen-bond acceptors (Lipinski definition) is 5. The molecule has 0 saturated heterocycles. The molecule has 0 unspecified atom stereocenters. The molecule has 1 spiro atoms. The third kappa shape index (κ3) is 2.61. The Morgan fingerprint density at radius 3 is 2.12 bits per heavy atom. The fraction of sp³-hybridized carbons (Fsp3) is 0.0270. The van der Waals surface area contributed by atoms with Gasteiger partial charge in [-0.05, 0) is 58.7 Å². The number of rotatable bonds is 1. The van der Waals surface area contributed by atoms with Crippen LogP contribution in [0.25, 0.3) is 27.8 Å². The first-order valence-corrected chi connectivity index (χ1v) is 13.7. The maximum atomic E-state index is 10.3. The molecule has 3 aliphatic rings. The summed E-state index contributed by atoms with van der Waals surface area (Å²) in [4.78, 5) is 2.09. The summed E-state index contributed by atoms with van der Waals surface area (Å²) in [5.41, 5.74) is 8.42. The summed E-state index contributed by atoms with van der Waals surface area (Å²) in [7, 11) is 0. The molecule has 0 N–H and O–H groups in total. The maximum absolute atomic E-state index is 10.3. The Hall–Kier alpha value is -6.04. The van der Waals surface area contributed by atoms with Crippen LogP contribution in [0.3, 0.4) is 0 Å². The number of anilines is 2. The lowest BCUT2D eigenvalue weighted by atomic mass is 9.76. The van der Waals surface area contributed by atoms with Crippen LogP contribution in [0.15, 0.2) is 125 Å². The fourth-order valence-electron chi connectivity index (χ4n) is 7.09. The molecule has 194 valence electrons. The van der Waals surface area contributed by atoms with Crippen LogP contribution in [0.1, 0.15) is 33.6 Å². The number of nitriles is 2. The van der Waals surface area contributed by atoms with Crippen molar-refractivity contribution < 1.29 is 9.15 Å². The second kappa shape index (κ2) is 8.01. The Morgan fingerprint density at radius 1 is 0.667 bits per heavy atom. The highest BCUT2D eigenvalue weighted by molar-refractivity contribution is 6.08. The van der Waals surface area contributed by atoms with Crippen molar-refractivity contribution in [1.82, 2.24) is 0 Å². The number of ether oxygens (including phenoxy) is 1. The van der Waals surface area contributed by atoms with E-state index in [0.717, 1.165) is 61.7 Å². The van der Waals surface area contributed by atoms with E-state index >= 15 is 0 Å².